The summed E-state index contributed by atoms with van der Waals surface area (Å²) in [4.78, 5) is 11.4. The zero-order chi connectivity index (χ0) is 9.90. The van der Waals surface area contributed by atoms with Gasteiger partial charge in [-0.05, 0) is 19.8 Å². The van der Waals surface area contributed by atoms with Gasteiger partial charge in [0.2, 0.25) is 0 Å². The van der Waals surface area contributed by atoms with E-state index in [0.717, 1.165) is 12.8 Å². The van der Waals surface area contributed by atoms with Crippen molar-refractivity contribution in [1.29, 1.82) is 0 Å². The number of rotatable bonds is 2. The van der Waals surface area contributed by atoms with Crippen LogP contribution in [0.4, 0.5) is 0 Å². The van der Waals surface area contributed by atoms with Gasteiger partial charge in [-0.1, -0.05) is 42.5 Å². The van der Waals surface area contributed by atoms with Crippen LogP contribution < -0.4 is 5.32 Å². The van der Waals surface area contributed by atoms with E-state index >= 15 is 0 Å². The molecule has 0 heterocycles. The molecule has 1 saturated carbocycles. The van der Waals surface area contributed by atoms with Crippen molar-refractivity contribution in [1.82, 2.24) is 5.32 Å². The summed E-state index contributed by atoms with van der Waals surface area (Å²) in [7, 11) is 0. The molecular formula is C9H15Cl2NO. The Hall–Kier alpha value is 0.0500. The number of amides is 1. The number of halogens is 2. The van der Waals surface area contributed by atoms with Crippen LogP contribution in [0, 0.1) is 0 Å². The van der Waals surface area contributed by atoms with Gasteiger partial charge >= 0.3 is 0 Å². The van der Waals surface area contributed by atoms with Crippen LogP contribution in [0.25, 0.3) is 0 Å². The Morgan fingerprint density at radius 1 is 1.31 bits per heavy atom. The molecule has 1 aliphatic carbocycles. The third-order valence-corrected chi connectivity index (χ3v) is 2.68. The van der Waals surface area contributed by atoms with Crippen LogP contribution >= 0.6 is 23.2 Å². The van der Waals surface area contributed by atoms with Gasteiger partial charge in [-0.25, -0.2) is 0 Å². The van der Waals surface area contributed by atoms with Crippen molar-refractivity contribution in [2.24, 2.45) is 0 Å². The lowest BCUT2D eigenvalue weighted by molar-refractivity contribution is -0.122. The summed E-state index contributed by atoms with van der Waals surface area (Å²) < 4.78 is -1.29. The maximum absolute atomic E-state index is 11.4. The second kappa shape index (κ2) is 4.52. The maximum atomic E-state index is 11.4. The van der Waals surface area contributed by atoms with E-state index in [2.05, 4.69) is 5.32 Å². The Kier molecular flexibility index (Phi) is 3.87. The molecule has 1 rings (SSSR count). The Balaban J connectivity index is 2.35. The monoisotopic (exact) mass is 223 g/mol. The number of nitrogens with one attached hydrogen (secondary N) is 1. The van der Waals surface area contributed by atoms with Crippen molar-refractivity contribution in [3.05, 3.63) is 0 Å². The third kappa shape index (κ3) is 3.74. The van der Waals surface area contributed by atoms with E-state index in [0.29, 0.717) is 0 Å². The fourth-order valence-corrected chi connectivity index (χ4v) is 1.67. The Morgan fingerprint density at radius 3 is 2.31 bits per heavy atom. The molecule has 0 aromatic rings. The molecule has 0 bridgehead atoms. The molecule has 0 aromatic heterocycles. The van der Waals surface area contributed by atoms with Gasteiger partial charge in [0.1, 0.15) is 0 Å². The van der Waals surface area contributed by atoms with Gasteiger partial charge in [0.25, 0.3) is 5.91 Å². The summed E-state index contributed by atoms with van der Waals surface area (Å²) >= 11 is 11.3. The van der Waals surface area contributed by atoms with Crippen LogP contribution in [0.2, 0.25) is 0 Å². The van der Waals surface area contributed by atoms with Crippen molar-refractivity contribution in [3.63, 3.8) is 0 Å². The van der Waals surface area contributed by atoms with E-state index in [1.165, 1.54) is 26.2 Å². The average Bonchev–Trinajstić information content (AvgIpc) is 2.04. The van der Waals surface area contributed by atoms with Gasteiger partial charge in [0, 0.05) is 6.04 Å². The topological polar surface area (TPSA) is 29.1 Å². The summed E-state index contributed by atoms with van der Waals surface area (Å²) in [6, 6.07) is 0.276. The Labute approximate surface area is 89.0 Å². The highest BCUT2D eigenvalue weighted by molar-refractivity contribution is 6.57. The molecule has 1 fully saturated rings. The molecule has 0 atom stereocenters. The molecule has 0 aromatic carbocycles. The fourth-order valence-electron chi connectivity index (χ4n) is 1.56. The van der Waals surface area contributed by atoms with Crippen LogP contribution in [0.1, 0.15) is 39.0 Å². The lowest BCUT2D eigenvalue weighted by atomic mass is 9.95. The number of carbonyl (C=O) groups is 1. The van der Waals surface area contributed by atoms with Crippen LogP contribution in [-0.2, 0) is 4.79 Å². The smallest absolute Gasteiger partial charge is 0.256 e. The highest BCUT2D eigenvalue weighted by atomic mass is 35.5. The Bertz CT molecular complexity index is 183. The molecule has 1 N–H and O–H groups in total. The van der Waals surface area contributed by atoms with Crippen LogP contribution in [-0.4, -0.2) is 16.3 Å². The van der Waals surface area contributed by atoms with E-state index in [1.807, 2.05) is 0 Å². The average molecular weight is 224 g/mol. The standard InChI is InChI=1S/C9H15Cl2NO/c1-9(10,11)8(13)12-7-5-3-2-4-6-7/h7H,2-6H2,1H3,(H,12,13). The molecule has 1 aliphatic rings. The zero-order valence-corrected chi connectivity index (χ0v) is 9.29. The fraction of sp³-hybridized carbons (Fsp3) is 0.889. The lowest BCUT2D eigenvalue weighted by Crippen LogP contribution is -2.43. The number of hydrogen-bond acceptors (Lipinski definition) is 1. The minimum atomic E-state index is -1.29. The van der Waals surface area contributed by atoms with E-state index in [1.54, 1.807) is 0 Å². The minimum absolute atomic E-state index is 0.275. The zero-order valence-electron chi connectivity index (χ0n) is 7.78. The summed E-state index contributed by atoms with van der Waals surface area (Å²) in [6.07, 6.45) is 5.75. The second-order valence-electron chi connectivity index (χ2n) is 3.70. The number of hydrogen-bond donors (Lipinski definition) is 1. The molecule has 0 unspecified atom stereocenters. The number of carbonyl (C=O) groups excluding carboxylic acids is 1. The van der Waals surface area contributed by atoms with Gasteiger partial charge in [-0.15, -0.1) is 0 Å². The highest BCUT2D eigenvalue weighted by Crippen LogP contribution is 2.22. The molecule has 76 valence electrons. The van der Waals surface area contributed by atoms with Crippen molar-refractivity contribution < 1.29 is 4.79 Å². The molecule has 0 radical (unpaired) electrons. The van der Waals surface area contributed by atoms with Gasteiger partial charge < -0.3 is 5.32 Å². The van der Waals surface area contributed by atoms with Crippen molar-refractivity contribution in [2.45, 2.75) is 49.4 Å². The van der Waals surface area contributed by atoms with Gasteiger partial charge in [-0.3, -0.25) is 4.79 Å². The second-order valence-corrected chi connectivity index (χ2v) is 5.40. The van der Waals surface area contributed by atoms with Crippen molar-refractivity contribution in [2.75, 3.05) is 0 Å². The quantitative estimate of drug-likeness (QED) is 0.717. The van der Waals surface area contributed by atoms with E-state index < -0.39 is 4.33 Å². The third-order valence-electron chi connectivity index (χ3n) is 2.34. The Morgan fingerprint density at radius 2 is 1.85 bits per heavy atom. The van der Waals surface area contributed by atoms with Crippen LogP contribution in [0.5, 0.6) is 0 Å². The summed E-state index contributed by atoms with van der Waals surface area (Å²) in [6.45, 7) is 1.49. The van der Waals surface area contributed by atoms with Crippen LogP contribution in [0.3, 0.4) is 0 Å². The van der Waals surface area contributed by atoms with Gasteiger partial charge in [0.15, 0.2) is 4.33 Å². The number of alkyl halides is 2. The first-order valence-corrected chi connectivity index (χ1v) is 5.44. The first kappa shape index (κ1) is 11.1. The molecule has 1 amide bonds. The predicted octanol–water partition coefficient (Wildman–Crippen LogP) is 2.63. The predicted molar refractivity (Wildman–Crippen MR) is 55.1 cm³/mol. The molecule has 2 nitrogen and oxygen atoms in total. The summed E-state index contributed by atoms with van der Waals surface area (Å²) in [5.41, 5.74) is 0. The minimum Gasteiger partial charge on any atom is -0.351 e. The lowest BCUT2D eigenvalue weighted by Gasteiger charge is -2.25. The molecule has 13 heavy (non-hydrogen) atoms. The van der Waals surface area contributed by atoms with E-state index in [4.69, 9.17) is 23.2 Å². The highest BCUT2D eigenvalue weighted by Gasteiger charge is 2.29. The van der Waals surface area contributed by atoms with Crippen molar-refractivity contribution in [3.8, 4) is 0 Å². The van der Waals surface area contributed by atoms with Crippen LogP contribution in [0.15, 0.2) is 0 Å². The first-order chi connectivity index (χ1) is 6.00. The van der Waals surface area contributed by atoms with Gasteiger partial charge in [0.05, 0.1) is 0 Å². The summed E-state index contributed by atoms with van der Waals surface area (Å²) in [5, 5.41) is 2.86. The van der Waals surface area contributed by atoms with Gasteiger partial charge in [-0.2, -0.15) is 0 Å². The maximum Gasteiger partial charge on any atom is 0.256 e. The molecule has 0 aliphatic heterocycles. The molecule has 4 heteroatoms. The normalized spacial score (nSPS) is 19.9. The molecule has 0 saturated heterocycles. The summed E-state index contributed by atoms with van der Waals surface area (Å²) in [5.74, 6) is -0.275. The largest absolute Gasteiger partial charge is 0.351 e. The van der Waals surface area contributed by atoms with Crippen molar-refractivity contribution >= 4 is 29.1 Å². The molecular weight excluding hydrogens is 209 g/mol. The first-order valence-electron chi connectivity index (χ1n) is 4.69. The SMILES string of the molecule is CC(Cl)(Cl)C(=O)NC1CCCCC1. The van der Waals surface area contributed by atoms with E-state index in [9.17, 15) is 4.79 Å². The van der Waals surface area contributed by atoms with E-state index in [-0.39, 0.29) is 11.9 Å². The molecule has 0 spiro atoms.